The maximum absolute atomic E-state index is 10.4. The second-order valence-electron chi connectivity index (χ2n) is 6.48. The van der Waals surface area contributed by atoms with E-state index in [4.69, 9.17) is 4.42 Å². The predicted molar refractivity (Wildman–Crippen MR) is 91.4 cm³/mol. The molecule has 1 heterocycles. The van der Waals surface area contributed by atoms with Crippen LogP contribution in [0.2, 0.25) is 0 Å². The topological polar surface area (TPSA) is 45.4 Å². The third-order valence-corrected chi connectivity index (χ3v) is 4.76. The molecule has 118 valence electrons. The Kier molecular flexibility index (Phi) is 3.68. The van der Waals surface area contributed by atoms with E-state index < -0.39 is 0 Å². The fourth-order valence-corrected chi connectivity index (χ4v) is 3.66. The first kappa shape index (κ1) is 14.5. The van der Waals surface area contributed by atoms with Gasteiger partial charge in [0.15, 0.2) is 0 Å². The minimum Gasteiger partial charge on any atom is -0.464 e. The number of benzene rings is 2. The van der Waals surface area contributed by atoms with Crippen LogP contribution in [0.1, 0.15) is 29.7 Å². The molecule has 3 nitrogen and oxygen atoms in total. The van der Waals surface area contributed by atoms with Crippen molar-refractivity contribution in [3.8, 4) is 0 Å². The van der Waals surface area contributed by atoms with Gasteiger partial charge in [0.2, 0.25) is 0 Å². The number of hydrogen-bond acceptors (Lipinski definition) is 3. The van der Waals surface area contributed by atoms with E-state index in [-0.39, 0.29) is 18.2 Å². The smallest absolute Gasteiger partial charge is 0.134 e. The molecule has 2 N–H and O–H groups in total. The first-order valence-corrected chi connectivity index (χ1v) is 8.19. The molecule has 0 radical (unpaired) electrons. The van der Waals surface area contributed by atoms with Crippen LogP contribution in [-0.2, 0) is 12.8 Å². The lowest BCUT2D eigenvalue weighted by Gasteiger charge is -2.23. The van der Waals surface area contributed by atoms with E-state index in [0.717, 1.165) is 18.4 Å². The monoisotopic (exact) mass is 307 g/mol. The molecule has 0 fully saturated rings. The summed E-state index contributed by atoms with van der Waals surface area (Å²) < 4.78 is 5.62. The number of aliphatic hydroxyl groups excluding tert-OH is 1. The zero-order valence-corrected chi connectivity index (χ0v) is 13.2. The summed E-state index contributed by atoms with van der Waals surface area (Å²) in [6.07, 6.45) is 3.11. The second kappa shape index (κ2) is 5.84. The van der Waals surface area contributed by atoms with Crippen molar-refractivity contribution in [2.45, 2.75) is 38.0 Å². The zero-order chi connectivity index (χ0) is 15.8. The van der Waals surface area contributed by atoms with Gasteiger partial charge in [-0.15, -0.1) is 0 Å². The van der Waals surface area contributed by atoms with Crippen molar-refractivity contribution in [3.05, 3.63) is 71.5 Å². The van der Waals surface area contributed by atoms with Gasteiger partial charge in [-0.05, 0) is 36.1 Å². The van der Waals surface area contributed by atoms with Gasteiger partial charge in [-0.3, -0.25) is 0 Å². The maximum atomic E-state index is 10.4. The van der Waals surface area contributed by atoms with Crippen LogP contribution < -0.4 is 5.32 Å². The van der Waals surface area contributed by atoms with Gasteiger partial charge >= 0.3 is 0 Å². The standard InChI is InChI=1S/C20H21NO2/c1-13(10-15-12-23-19-9-5-4-7-16(15)19)21-20-17-8-3-2-6-14(17)11-18(20)22/h2-9,12-13,18,20-22H,10-11H2,1H3/t13?,18-,20+/m1/s1. The highest BCUT2D eigenvalue weighted by Crippen LogP contribution is 2.32. The van der Waals surface area contributed by atoms with Gasteiger partial charge in [0.05, 0.1) is 18.4 Å². The summed E-state index contributed by atoms with van der Waals surface area (Å²) in [6.45, 7) is 2.16. The zero-order valence-electron chi connectivity index (χ0n) is 13.2. The molecule has 0 spiro atoms. The van der Waals surface area contributed by atoms with Crippen molar-refractivity contribution in [2.75, 3.05) is 0 Å². The summed E-state index contributed by atoms with van der Waals surface area (Å²) in [7, 11) is 0. The van der Waals surface area contributed by atoms with Crippen LogP contribution in [0.15, 0.2) is 59.2 Å². The number of rotatable bonds is 4. The average molecular weight is 307 g/mol. The molecular formula is C20H21NO2. The Morgan fingerprint density at radius 3 is 2.87 bits per heavy atom. The average Bonchev–Trinajstić information content (AvgIpc) is 3.10. The molecule has 0 amide bonds. The van der Waals surface area contributed by atoms with Crippen molar-refractivity contribution < 1.29 is 9.52 Å². The van der Waals surface area contributed by atoms with Crippen LogP contribution >= 0.6 is 0 Å². The summed E-state index contributed by atoms with van der Waals surface area (Å²) in [5.74, 6) is 0. The molecule has 0 saturated heterocycles. The van der Waals surface area contributed by atoms with Crippen molar-refractivity contribution in [1.29, 1.82) is 0 Å². The highest BCUT2D eigenvalue weighted by Gasteiger charge is 2.31. The minimum atomic E-state index is -0.351. The number of furan rings is 1. The molecule has 1 unspecified atom stereocenters. The normalized spacial score (nSPS) is 21.5. The van der Waals surface area contributed by atoms with Crippen LogP contribution in [0, 0.1) is 0 Å². The molecule has 0 saturated carbocycles. The van der Waals surface area contributed by atoms with E-state index in [1.54, 1.807) is 0 Å². The van der Waals surface area contributed by atoms with Crippen molar-refractivity contribution in [1.82, 2.24) is 5.32 Å². The molecule has 3 heteroatoms. The predicted octanol–water partition coefficient (Wildman–Crippen LogP) is 3.61. The van der Waals surface area contributed by atoms with E-state index in [1.165, 1.54) is 22.1 Å². The molecule has 0 bridgehead atoms. The van der Waals surface area contributed by atoms with Gasteiger partial charge in [0.25, 0.3) is 0 Å². The SMILES string of the molecule is CC(Cc1coc2ccccc12)N[C@H]1c2ccccc2C[C@H]1O. The van der Waals surface area contributed by atoms with Gasteiger partial charge < -0.3 is 14.8 Å². The van der Waals surface area contributed by atoms with E-state index in [9.17, 15) is 5.11 Å². The molecule has 3 atom stereocenters. The number of nitrogens with one attached hydrogen (secondary N) is 1. The fraction of sp³-hybridized carbons (Fsp3) is 0.300. The Balaban J connectivity index is 1.51. The van der Waals surface area contributed by atoms with Crippen LogP contribution in [0.3, 0.4) is 0 Å². The maximum Gasteiger partial charge on any atom is 0.134 e. The van der Waals surface area contributed by atoms with Crippen LogP contribution in [0.25, 0.3) is 11.0 Å². The lowest BCUT2D eigenvalue weighted by atomic mass is 10.0. The fourth-order valence-electron chi connectivity index (χ4n) is 3.66. The highest BCUT2D eigenvalue weighted by atomic mass is 16.3. The van der Waals surface area contributed by atoms with Gasteiger partial charge in [0, 0.05) is 17.8 Å². The van der Waals surface area contributed by atoms with Crippen LogP contribution in [0.5, 0.6) is 0 Å². The molecule has 23 heavy (non-hydrogen) atoms. The molecule has 0 aliphatic heterocycles. The highest BCUT2D eigenvalue weighted by molar-refractivity contribution is 5.80. The summed E-state index contributed by atoms with van der Waals surface area (Å²) in [5, 5.41) is 15.1. The van der Waals surface area contributed by atoms with Gasteiger partial charge in [-0.25, -0.2) is 0 Å². The number of aliphatic hydroxyl groups is 1. The van der Waals surface area contributed by atoms with Gasteiger partial charge in [-0.2, -0.15) is 0 Å². The summed E-state index contributed by atoms with van der Waals surface area (Å²) >= 11 is 0. The Morgan fingerprint density at radius 2 is 1.96 bits per heavy atom. The minimum absolute atomic E-state index is 0.0133. The summed E-state index contributed by atoms with van der Waals surface area (Å²) in [4.78, 5) is 0. The van der Waals surface area contributed by atoms with Crippen LogP contribution in [-0.4, -0.2) is 17.3 Å². The van der Waals surface area contributed by atoms with Crippen molar-refractivity contribution in [2.24, 2.45) is 0 Å². The first-order valence-electron chi connectivity index (χ1n) is 8.19. The van der Waals surface area contributed by atoms with Crippen molar-refractivity contribution in [3.63, 3.8) is 0 Å². The third kappa shape index (κ3) is 2.67. The quantitative estimate of drug-likeness (QED) is 0.774. The summed E-state index contributed by atoms with van der Waals surface area (Å²) in [6, 6.07) is 16.7. The number of hydrogen-bond donors (Lipinski definition) is 2. The molecule has 1 aliphatic rings. The molecule has 1 aliphatic carbocycles. The second-order valence-corrected chi connectivity index (χ2v) is 6.48. The van der Waals surface area contributed by atoms with E-state index in [0.29, 0.717) is 0 Å². The van der Waals surface area contributed by atoms with E-state index in [1.807, 2.05) is 36.6 Å². The van der Waals surface area contributed by atoms with E-state index >= 15 is 0 Å². The third-order valence-electron chi connectivity index (χ3n) is 4.76. The molecule has 4 rings (SSSR count). The van der Waals surface area contributed by atoms with Gasteiger partial charge in [0.1, 0.15) is 5.58 Å². The number of fused-ring (bicyclic) bond motifs is 2. The first-order chi connectivity index (χ1) is 11.2. The van der Waals surface area contributed by atoms with Crippen LogP contribution in [0.4, 0.5) is 0 Å². The molecule has 3 aromatic rings. The van der Waals surface area contributed by atoms with Gasteiger partial charge in [-0.1, -0.05) is 42.5 Å². The Hall–Kier alpha value is -2.10. The van der Waals surface area contributed by atoms with Crippen molar-refractivity contribution >= 4 is 11.0 Å². The Morgan fingerprint density at radius 1 is 1.17 bits per heavy atom. The molecular weight excluding hydrogens is 286 g/mol. The Labute approximate surface area is 135 Å². The largest absolute Gasteiger partial charge is 0.464 e. The number of para-hydroxylation sites is 1. The summed E-state index contributed by atoms with van der Waals surface area (Å²) in [5.41, 5.74) is 4.62. The Bertz CT molecular complexity index is 823. The molecule has 2 aromatic carbocycles. The van der Waals surface area contributed by atoms with E-state index in [2.05, 4.69) is 30.4 Å². The lowest BCUT2D eigenvalue weighted by molar-refractivity contribution is 0.136. The lowest BCUT2D eigenvalue weighted by Crippen LogP contribution is -2.36. The molecule has 1 aromatic heterocycles.